The molecule has 2 aromatic heterocycles. The number of fused-ring (bicyclic) bond motifs is 7. The third-order valence-corrected chi connectivity index (χ3v) is 12.2. The number of rotatable bonds is 7. The van der Waals surface area contributed by atoms with E-state index in [1.54, 1.807) is 0 Å². The summed E-state index contributed by atoms with van der Waals surface area (Å²) in [5, 5.41) is 7.16. The van der Waals surface area contributed by atoms with Crippen LogP contribution in [0.25, 0.3) is 93.6 Å². The predicted molar refractivity (Wildman–Crippen MR) is 257 cm³/mol. The first-order valence-corrected chi connectivity index (χ1v) is 20.8. The van der Waals surface area contributed by atoms with Gasteiger partial charge in [0.2, 0.25) is 0 Å². The smallest absolute Gasteiger partial charge is 0.145 e. The molecule has 0 aliphatic carbocycles. The van der Waals surface area contributed by atoms with Crippen LogP contribution in [0.5, 0.6) is 0 Å². The quantitative estimate of drug-likeness (QED) is 0.161. The maximum atomic E-state index is 6.88. The zero-order valence-corrected chi connectivity index (χ0v) is 33.2. The molecule has 0 amide bonds. The van der Waals surface area contributed by atoms with Gasteiger partial charge in [-0.15, -0.1) is 0 Å². The molecule has 2 heterocycles. The number of aromatic nitrogens is 1. The SMILES string of the molecule is c1ccc(-c2ccc(N(c3ccc(-c4ccc5ccccc5c4)cc3)c3ccc4c(oc5ccccc54)c3-c3ccc(-n4c5ccccc5c5ccccc54)cc3)cc2)cc1. The van der Waals surface area contributed by atoms with Crippen molar-refractivity contribution in [1.82, 2.24) is 4.57 Å². The predicted octanol–water partition coefficient (Wildman–Crippen LogP) is 16.3. The molecule has 286 valence electrons. The summed E-state index contributed by atoms with van der Waals surface area (Å²) >= 11 is 0. The first kappa shape index (κ1) is 34.9. The van der Waals surface area contributed by atoms with Crippen LogP contribution in [0.2, 0.25) is 0 Å². The fourth-order valence-corrected chi connectivity index (χ4v) is 9.25. The molecule has 3 nitrogen and oxygen atoms in total. The van der Waals surface area contributed by atoms with Crippen LogP contribution in [-0.2, 0) is 0 Å². The molecule has 61 heavy (non-hydrogen) atoms. The minimum atomic E-state index is 0.863. The van der Waals surface area contributed by atoms with E-state index in [4.69, 9.17) is 4.42 Å². The molecular weight excluding hydrogens is 741 g/mol. The summed E-state index contributed by atoms with van der Waals surface area (Å²) < 4.78 is 9.25. The summed E-state index contributed by atoms with van der Waals surface area (Å²) in [5.74, 6) is 0. The molecule has 12 rings (SSSR count). The number of nitrogens with zero attached hydrogens (tertiary/aromatic N) is 2. The summed E-state index contributed by atoms with van der Waals surface area (Å²) in [7, 11) is 0. The Labute approximate surface area is 353 Å². The second-order valence-corrected chi connectivity index (χ2v) is 15.7. The molecule has 0 unspecified atom stereocenters. The van der Waals surface area contributed by atoms with Crippen molar-refractivity contribution in [1.29, 1.82) is 0 Å². The van der Waals surface area contributed by atoms with Gasteiger partial charge in [-0.25, -0.2) is 0 Å². The molecule has 12 aromatic rings. The topological polar surface area (TPSA) is 21.3 Å². The second-order valence-electron chi connectivity index (χ2n) is 15.7. The van der Waals surface area contributed by atoms with E-state index in [0.29, 0.717) is 0 Å². The molecule has 10 aromatic carbocycles. The van der Waals surface area contributed by atoms with Gasteiger partial charge in [0.15, 0.2) is 0 Å². The van der Waals surface area contributed by atoms with Gasteiger partial charge in [-0.05, 0) is 111 Å². The van der Waals surface area contributed by atoms with Crippen LogP contribution in [0, 0.1) is 0 Å². The Bertz CT molecular complexity index is 3510. The Morgan fingerprint density at radius 2 is 0.869 bits per heavy atom. The van der Waals surface area contributed by atoms with Gasteiger partial charge in [0.05, 0.1) is 16.7 Å². The lowest BCUT2D eigenvalue weighted by atomic mass is 9.97. The molecule has 0 fully saturated rings. The van der Waals surface area contributed by atoms with Gasteiger partial charge in [-0.1, -0.05) is 158 Å². The molecule has 0 atom stereocenters. The van der Waals surface area contributed by atoms with E-state index in [1.165, 1.54) is 54.8 Å². The van der Waals surface area contributed by atoms with Crippen LogP contribution >= 0.6 is 0 Å². The Kier molecular flexibility index (Phi) is 8.17. The van der Waals surface area contributed by atoms with Crippen LogP contribution in [0.4, 0.5) is 17.1 Å². The van der Waals surface area contributed by atoms with Gasteiger partial charge >= 0.3 is 0 Å². The second kappa shape index (κ2) is 14.3. The maximum absolute atomic E-state index is 6.88. The monoisotopic (exact) mass is 778 g/mol. The Hall–Kier alpha value is -8.14. The van der Waals surface area contributed by atoms with E-state index >= 15 is 0 Å². The third-order valence-electron chi connectivity index (χ3n) is 12.2. The maximum Gasteiger partial charge on any atom is 0.145 e. The van der Waals surface area contributed by atoms with Crippen molar-refractivity contribution < 1.29 is 4.42 Å². The highest BCUT2D eigenvalue weighted by molar-refractivity contribution is 6.13. The molecule has 0 aliphatic heterocycles. The minimum Gasteiger partial charge on any atom is -0.455 e. The minimum absolute atomic E-state index is 0.863. The van der Waals surface area contributed by atoms with E-state index in [9.17, 15) is 0 Å². The zero-order valence-electron chi connectivity index (χ0n) is 33.2. The third kappa shape index (κ3) is 5.90. The lowest BCUT2D eigenvalue weighted by Gasteiger charge is -2.28. The van der Waals surface area contributed by atoms with Crippen LogP contribution in [-0.4, -0.2) is 4.57 Å². The molecule has 0 radical (unpaired) electrons. The number of furan rings is 1. The Morgan fingerprint density at radius 3 is 1.56 bits per heavy atom. The van der Waals surface area contributed by atoms with Gasteiger partial charge in [0, 0.05) is 44.2 Å². The average Bonchev–Trinajstić information content (AvgIpc) is 3.88. The molecule has 0 saturated carbocycles. The largest absolute Gasteiger partial charge is 0.455 e. The summed E-state index contributed by atoms with van der Waals surface area (Å²) in [4.78, 5) is 2.38. The Balaban J connectivity index is 1.05. The fourth-order valence-electron chi connectivity index (χ4n) is 9.25. The number of benzene rings is 10. The number of para-hydroxylation sites is 3. The summed E-state index contributed by atoms with van der Waals surface area (Å²) in [5.41, 5.74) is 15.2. The average molecular weight is 779 g/mol. The van der Waals surface area contributed by atoms with E-state index in [-0.39, 0.29) is 0 Å². The first-order valence-electron chi connectivity index (χ1n) is 20.8. The van der Waals surface area contributed by atoms with E-state index in [2.05, 4.69) is 234 Å². The van der Waals surface area contributed by atoms with Crippen molar-refractivity contribution >= 4 is 71.6 Å². The van der Waals surface area contributed by atoms with Crippen LogP contribution in [0.15, 0.2) is 235 Å². The standard InChI is InChI=1S/C58H38N2O/c1-2-12-39(13-3-1)41-24-30-46(31-25-41)59(47-32-26-42(27-33-47)45-23-22-40-14-4-5-15-44(40)38-45)55-37-36-52-51-18-8-11-21-56(51)61-58(52)57(55)43-28-34-48(35-29-43)60-53-19-9-6-16-49(53)50-17-7-10-20-54(50)60/h1-38H. The molecule has 0 saturated heterocycles. The lowest BCUT2D eigenvalue weighted by molar-refractivity contribution is 0.670. The first-order chi connectivity index (χ1) is 30.2. The highest BCUT2D eigenvalue weighted by atomic mass is 16.3. The van der Waals surface area contributed by atoms with Gasteiger partial charge < -0.3 is 13.9 Å². The van der Waals surface area contributed by atoms with Gasteiger partial charge in [0.25, 0.3) is 0 Å². The Morgan fingerprint density at radius 1 is 0.344 bits per heavy atom. The van der Waals surface area contributed by atoms with E-state index in [1.807, 2.05) is 6.07 Å². The van der Waals surface area contributed by atoms with E-state index < -0.39 is 0 Å². The number of hydrogen-bond acceptors (Lipinski definition) is 2. The molecule has 0 bridgehead atoms. The number of hydrogen-bond donors (Lipinski definition) is 0. The normalized spacial score (nSPS) is 11.6. The molecular formula is C58H38N2O. The van der Waals surface area contributed by atoms with Crippen molar-refractivity contribution in [2.24, 2.45) is 0 Å². The highest BCUT2D eigenvalue weighted by Gasteiger charge is 2.23. The van der Waals surface area contributed by atoms with E-state index in [0.717, 1.165) is 55.8 Å². The summed E-state index contributed by atoms with van der Waals surface area (Å²) in [6.07, 6.45) is 0. The summed E-state index contributed by atoms with van der Waals surface area (Å²) in [6.45, 7) is 0. The number of anilines is 3. The van der Waals surface area contributed by atoms with Crippen molar-refractivity contribution in [3.8, 4) is 39.1 Å². The van der Waals surface area contributed by atoms with Crippen molar-refractivity contribution in [2.75, 3.05) is 4.90 Å². The van der Waals surface area contributed by atoms with Crippen LogP contribution in [0.3, 0.4) is 0 Å². The van der Waals surface area contributed by atoms with Crippen molar-refractivity contribution in [2.45, 2.75) is 0 Å². The molecule has 0 aliphatic rings. The van der Waals surface area contributed by atoms with Crippen molar-refractivity contribution in [3.63, 3.8) is 0 Å². The van der Waals surface area contributed by atoms with Crippen molar-refractivity contribution in [3.05, 3.63) is 231 Å². The molecule has 0 spiro atoms. The van der Waals surface area contributed by atoms with Gasteiger partial charge in [0.1, 0.15) is 11.2 Å². The van der Waals surface area contributed by atoms with Gasteiger partial charge in [-0.3, -0.25) is 0 Å². The van der Waals surface area contributed by atoms with Crippen LogP contribution < -0.4 is 4.90 Å². The zero-order chi connectivity index (χ0) is 40.3. The molecule has 0 N–H and O–H groups in total. The van der Waals surface area contributed by atoms with Crippen LogP contribution in [0.1, 0.15) is 0 Å². The lowest BCUT2D eigenvalue weighted by Crippen LogP contribution is -2.11. The fraction of sp³-hybridized carbons (Fsp3) is 0. The van der Waals surface area contributed by atoms with Gasteiger partial charge in [-0.2, -0.15) is 0 Å². The molecule has 3 heteroatoms. The summed E-state index contributed by atoms with van der Waals surface area (Å²) in [6, 6.07) is 82.9. The highest BCUT2D eigenvalue weighted by Crippen LogP contribution is 2.47.